The van der Waals surface area contributed by atoms with Crippen molar-refractivity contribution in [1.82, 2.24) is 0 Å². The number of nitrogens with zero attached hydrogens (tertiary/aromatic N) is 1. The fourth-order valence-electron chi connectivity index (χ4n) is 1.16. The maximum absolute atomic E-state index is 9.75. The number of allylic oxidation sites excluding steroid dienone is 1. The molecule has 0 spiro atoms. The van der Waals surface area contributed by atoms with Crippen LogP contribution < -0.4 is 4.74 Å². The van der Waals surface area contributed by atoms with Crippen molar-refractivity contribution in [3.05, 3.63) is 42.0 Å². The normalized spacial score (nSPS) is 13.2. The SMILES string of the molecule is CO/N=C/C=C\C(O)c1ccc(OC)cc1. The molecular formula is C12H15NO3. The van der Waals surface area contributed by atoms with Crippen LogP contribution in [0, 0.1) is 0 Å². The fraction of sp³-hybridized carbons (Fsp3) is 0.250. The second-order valence-electron chi connectivity index (χ2n) is 3.04. The van der Waals surface area contributed by atoms with E-state index in [-0.39, 0.29) is 0 Å². The molecule has 1 atom stereocenters. The minimum atomic E-state index is -0.658. The molecule has 0 aliphatic rings. The minimum absolute atomic E-state index is 0.658. The summed E-state index contributed by atoms with van der Waals surface area (Å²) < 4.78 is 5.02. The Hall–Kier alpha value is -1.81. The third-order valence-corrected chi connectivity index (χ3v) is 2.00. The number of hydrogen-bond acceptors (Lipinski definition) is 4. The Morgan fingerprint density at radius 3 is 2.50 bits per heavy atom. The summed E-state index contributed by atoms with van der Waals surface area (Å²) >= 11 is 0. The van der Waals surface area contributed by atoms with Crippen LogP contribution >= 0.6 is 0 Å². The lowest BCUT2D eigenvalue weighted by Crippen LogP contribution is -1.93. The third-order valence-electron chi connectivity index (χ3n) is 2.00. The number of rotatable bonds is 5. The third kappa shape index (κ3) is 3.74. The molecule has 0 saturated carbocycles. The molecule has 86 valence electrons. The molecule has 0 amide bonds. The Kier molecular flexibility index (Phi) is 5.08. The zero-order valence-corrected chi connectivity index (χ0v) is 9.33. The molecule has 0 aliphatic carbocycles. The highest BCUT2D eigenvalue weighted by atomic mass is 16.6. The maximum Gasteiger partial charge on any atom is 0.118 e. The number of aliphatic hydroxyl groups is 1. The average Bonchev–Trinajstić information content (AvgIpc) is 2.34. The number of hydrogen-bond donors (Lipinski definition) is 1. The van der Waals surface area contributed by atoms with Crippen LogP contribution in [-0.4, -0.2) is 25.5 Å². The summed E-state index contributed by atoms with van der Waals surface area (Å²) in [5, 5.41) is 13.3. The van der Waals surface area contributed by atoms with E-state index in [1.54, 1.807) is 43.5 Å². The Bertz CT molecular complexity index is 357. The van der Waals surface area contributed by atoms with Crippen molar-refractivity contribution >= 4 is 6.21 Å². The zero-order valence-electron chi connectivity index (χ0n) is 9.33. The molecule has 4 nitrogen and oxygen atoms in total. The van der Waals surface area contributed by atoms with Crippen molar-refractivity contribution in [2.45, 2.75) is 6.10 Å². The molecule has 1 aromatic rings. The monoisotopic (exact) mass is 221 g/mol. The predicted octanol–water partition coefficient (Wildman–Crippen LogP) is 1.92. The van der Waals surface area contributed by atoms with E-state index in [4.69, 9.17) is 4.74 Å². The van der Waals surface area contributed by atoms with E-state index in [0.29, 0.717) is 0 Å². The van der Waals surface area contributed by atoms with Crippen LogP contribution in [0.1, 0.15) is 11.7 Å². The van der Waals surface area contributed by atoms with Crippen LogP contribution in [0.2, 0.25) is 0 Å². The summed E-state index contributed by atoms with van der Waals surface area (Å²) in [7, 11) is 3.07. The number of oxime groups is 1. The molecule has 0 aromatic heterocycles. The van der Waals surface area contributed by atoms with E-state index in [1.165, 1.54) is 13.3 Å². The van der Waals surface area contributed by atoms with E-state index in [0.717, 1.165) is 11.3 Å². The molecule has 0 bridgehead atoms. The predicted molar refractivity (Wildman–Crippen MR) is 62.6 cm³/mol. The van der Waals surface area contributed by atoms with Crippen LogP contribution in [0.3, 0.4) is 0 Å². The van der Waals surface area contributed by atoms with Crippen molar-refractivity contribution in [2.24, 2.45) is 5.16 Å². The maximum atomic E-state index is 9.75. The van der Waals surface area contributed by atoms with Crippen molar-refractivity contribution < 1.29 is 14.7 Å². The van der Waals surface area contributed by atoms with Gasteiger partial charge in [0.05, 0.1) is 19.4 Å². The Labute approximate surface area is 94.8 Å². The molecule has 1 aromatic carbocycles. The Morgan fingerprint density at radius 2 is 1.94 bits per heavy atom. The molecule has 0 fully saturated rings. The summed E-state index contributed by atoms with van der Waals surface area (Å²) in [6.07, 6.45) is 4.05. The summed E-state index contributed by atoms with van der Waals surface area (Å²) in [4.78, 5) is 4.48. The van der Waals surface area contributed by atoms with Crippen LogP contribution in [0.4, 0.5) is 0 Å². The van der Waals surface area contributed by atoms with Crippen LogP contribution in [-0.2, 0) is 4.84 Å². The molecule has 1 N–H and O–H groups in total. The van der Waals surface area contributed by atoms with Gasteiger partial charge in [-0.15, -0.1) is 0 Å². The van der Waals surface area contributed by atoms with Gasteiger partial charge in [0, 0.05) is 0 Å². The van der Waals surface area contributed by atoms with Gasteiger partial charge in [-0.3, -0.25) is 0 Å². The van der Waals surface area contributed by atoms with Gasteiger partial charge >= 0.3 is 0 Å². The van der Waals surface area contributed by atoms with Gasteiger partial charge < -0.3 is 14.7 Å². The van der Waals surface area contributed by atoms with Gasteiger partial charge in [0.2, 0.25) is 0 Å². The van der Waals surface area contributed by atoms with Crippen LogP contribution in [0.25, 0.3) is 0 Å². The number of ether oxygens (including phenoxy) is 1. The first kappa shape index (κ1) is 12.3. The van der Waals surface area contributed by atoms with E-state index < -0.39 is 6.10 Å². The highest BCUT2D eigenvalue weighted by Gasteiger charge is 2.02. The Morgan fingerprint density at radius 1 is 1.25 bits per heavy atom. The second kappa shape index (κ2) is 6.63. The second-order valence-corrected chi connectivity index (χ2v) is 3.04. The topological polar surface area (TPSA) is 51.0 Å². The minimum Gasteiger partial charge on any atom is -0.497 e. The molecular weight excluding hydrogens is 206 g/mol. The molecule has 0 radical (unpaired) electrons. The largest absolute Gasteiger partial charge is 0.497 e. The van der Waals surface area contributed by atoms with Crippen molar-refractivity contribution in [3.63, 3.8) is 0 Å². The smallest absolute Gasteiger partial charge is 0.118 e. The molecule has 4 heteroatoms. The molecule has 0 saturated heterocycles. The first-order chi connectivity index (χ1) is 7.77. The standard InChI is InChI=1S/C12H15NO3/c1-15-11-7-5-10(6-8-11)12(14)4-3-9-13-16-2/h3-9,12,14H,1-2H3/b4-3-,13-9+. The quantitative estimate of drug-likeness (QED) is 0.610. The highest BCUT2D eigenvalue weighted by Crippen LogP contribution is 2.18. The number of aliphatic hydroxyl groups excluding tert-OH is 1. The summed E-state index contributed by atoms with van der Waals surface area (Å²) in [6.45, 7) is 0. The van der Waals surface area contributed by atoms with Crippen LogP contribution in [0.15, 0.2) is 41.6 Å². The van der Waals surface area contributed by atoms with Gasteiger partial charge in [0.15, 0.2) is 0 Å². The summed E-state index contributed by atoms with van der Waals surface area (Å²) in [5.41, 5.74) is 0.794. The molecule has 16 heavy (non-hydrogen) atoms. The van der Waals surface area contributed by atoms with E-state index in [2.05, 4.69) is 9.99 Å². The number of benzene rings is 1. The molecule has 0 heterocycles. The average molecular weight is 221 g/mol. The lowest BCUT2D eigenvalue weighted by Gasteiger charge is -2.06. The highest BCUT2D eigenvalue weighted by molar-refractivity contribution is 5.70. The lowest BCUT2D eigenvalue weighted by molar-refractivity contribution is 0.215. The zero-order chi connectivity index (χ0) is 11.8. The fourth-order valence-corrected chi connectivity index (χ4v) is 1.16. The van der Waals surface area contributed by atoms with Gasteiger partial charge in [-0.1, -0.05) is 23.4 Å². The van der Waals surface area contributed by atoms with Gasteiger partial charge in [-0.25, -0.2) is 0 Å². The summed E-state index contributed by atoms with van der Waals surface area (Å²) in [5.74, 6) is 0.765. The van der Waals surface area contributed by atoms with Crippen molar-refractivity contribution in [3.8, 4) is 5.75 Å². The van der Waals surface area contributed by atoms with Gasteiger partial charge in [-0.2, -0.15) is 0 Å². The number of methoxy groups -OCH3 is 1. The van der Waals surface area contributed by atoms with Crippen molar-refractivity contribution in [1.29, 1.82) is 0 Å². The molecule has 1 unspecified atom stereocenters. The molecule has 1 rings (SSSR count). The first-order valence-electron chi connectivity index (χ1n) is 4.83. The molecule has 0 aliphatic heterocycles. The van der Waals surface area contributed by atoms with Gasteiger partial charge in [0.25, 0.3) is 0 Å². The van der Waals surface area contributed by atoms with E-state index in [1.807, 2.05) is 0 Å². The van der Waals surface area contributed by atoms with Crippen LogP contribution in [0.5, 0.6) is 5.75 Å². The van der Waals surface area contributed by atoms with E-state index >= 15 is 0 Å². The summed E-state index contributed by atoms with van der Waals surface area (Å²) in [6, 6.07) is 7.22. The van der Waals surface area contributed by atoms with Gasteiger partial charge in [0.1, 0.15) is 12.9 Å². The first-order valence-corrected chi connectivity index (χ1v) is 4.83. The Balaban J connectivity index is 2.61. The van der Waals surface area contributed by atoms with Crippen molar-refractivity contribution in [2.75, 3.05) is 14.2 Å². The van der Waals surface area contributed by atoms with Gasteiger partial charge in [-0.05, 0) is 23.8 Å². The van der Waals surface area contributed by atoms with E-state index in [9.17, 15) is 5.11 Å². The lowest BCUT2D eigenvalue weighted by atomic mass is 10.1.